The monoisotopic (exact) mass is 284 g/mol. The van der Waals surface area contributed by atoms with Gasteiger partial charge in [0.2, 0.25) is 5.91 Å². The highest BCUT2D eigenvalue weighted by atomic mass is 16.5. The first-order chi connectivity index (χ1) is 9.72. The Morgan fingerprint density at radius 3 is 2.65 bits per heavy atom. The van der Waals surface area contributed by atoms with E-state index in [4.69, 9.17) is 9.47 Å². The van der Waals surface area contributed by atoms with Crippen LogP contribution in [0.15, 0.2) is 0 Å². The van der Waals surface area contributed by atoms with E-state index < -0.39 is 0 Å². The van der Waals surface area contributed by atoms with Crippen molar-refractivity contribution >= 4 is 11.8 Å². The number of hydrogen-bond acceptors (Lipinski definition) is 4. The summed E-state index contributed by atoms with van der Waals surface area (Å²) in [5, 5.41) is 2.86. The molecule has 1 N–H and O–H groups in total. The topological polar surface area (TPSA) is 67.9 Å². The van der Waals surface area contributed by atoms with Gasteiger partial charge < -0.3 is 19.7 Å². The van der Waals surface area contributed by atoms with Crippen molar-refractivity contribution in [1.29, 1.82) is 0 Å². The van der Waals surface area contributed by atoms with Gasteiger partial charge in [-0.25, -0.2) is 0 Å². The third-order valence-electron chi connectivity index (χ3n) is 3.99. The van der Waals surface area contributed by atoms with E-state index in [9.17, 15) is 9.59 Å². The van der Waals surface area contributed by atoms with Gasteiger partial charge in [0, 0.05) is 39.3 Å². The molecular formula is C14H24N2O4. The summed E-state index contributed by atoms with van der Waals surface area (Å²) < 4.78 is 10.3. The predicted molar refractivity (Wildman–Crippen MR) is 73.2 cm³/mol. The van der Waals surface area contributed by atoms with Crippen molar-refractivity contribution in [2.24, 2.45) is 5.92 Å². The Morgan fingerprint density at radius 2 is 2.05 bits per heavy atom. The molecule has 6 heteroatoms. The molecule has 20 heavy (non-hydrogen) atoms. The first-order valence-corrected chi connectivity index (χ1v) is 7.39. The molecular weight excluding hydrogens is 260 g/mol. The Hall–Kier alpha value is -1.14. The number of nitrogens with zero attached hydrogens (tertiary/aromatic N) is 1. The molecule has 2 rings (SSSR count). The minimum atomic E-state index is -0.248. The van der Waals surface area contributed by atoms with Gasteiger partial charge >= 0.3 is 0 Å². The standard InChI is InChI=1S/C14H24N2O4/c1-19-10-6-15-13(17)11-4-7-16(8-5-11)14(18)12-3-2-9-20-12/h11-12H,2-10H2,1H3,(H,15,17). The molecule has 6 nitrogen and oxygen atoms in total. The van der Waals surface area contributed by atoms with E-state index in [1.165, 1.54) is 0 Å². The summed E-state index contributed by atoms with van der Waals surface area (Å²) in [6, 6.07) is 0. The molecule has 0 aromatic rings. The summed E-state index contributed by atoms with van der Waals surface area (Å²) in [6.45, 7) is 3.07. The number of piperidine rings is 1. The summed E-state index contributed by atoms with van der Waals surface area (Å²) >= 11 is 0. The van der Waals surface area contributed by atoms with Gasteiger partial charge in [-0.2, -0.15) is 0 Å². The van der Waals surface area contributed by atoms with Gasteiger partial charge in [0.05, 0.1) is 6.61 Å². The average molecular weight is 284 g/mol. The average Bonchev–Trinajstić information content (AvgIpc) is 3.01. The zero-order valence-electron chi connectivity index (χ0n) is 12.1. The first kappa shape index (κ1) is 15.3. The molecule has 0 aliphatic carbocycles. The zero-order chi connectivity index (χ0) is 14.4. The van der Waals surface area contributed by atoms with E-state index in [1.54, 1.807) is 7.11 Å². The maximum atomic E-state index is 12.2. The summed E-state index contributed by atoms with van der Waals surface area (Å²) in [5.74, 6) is 0.187. The minimum absolute atomic E-state index is 0.0143. The predicted octanol–water partition coefficient (Wildman–Crippen LogP) is 0.167. The number of likely N-dealkylation sites (tertiary alicyclic amines) is 1. The van der Waals surface area contributed by atoms with Crippen LogP contribution in [0.2, 0.25) is 0 Å². The number of nitrogens with one attached hydrogen (secondary N) is 1. The second-order valence-electron chi connectivity index (χ2n) is 5.39. The number of ether oxygens (including phenoxy) is 2. The van der Waals surface area contributed by atoms with E-state index >= 15 is 0 Å². The lowest BCUT2D eigenvalue weighted by Gasteiger charge is -2.32. The van der Waals surface area contributed by atoms with Gasteiger partial charge in [0.25, 0.3) is 5.91 Å². The Morgan fingerprint density at radius 1 is 1.30 bits per heavy atom. The molecule has 2 aliphatic heterocycles. The van der Waals surface area contributed by atoms with Crippen molar-refractivity contribution in [2.75, 3.05) is 40.0 Å². The van der Waals surface area contributed by atoms with Crippen LogP contribution in [0.4, 0.5) is 0 Å². The number of rotatable bonds is 5. The number of carbonyl (C=O) groups is 2. The van der Waals surface area contributed by atoms with Crippen LogP contribution < -0.4 is 5.32 Å². The van der Waals surface area contributed by atoms with Gasteiger partial charge in [-0.3, -0.25) is 9.59 Å². The molecule has 1 unspecified atom stereocenters. The third kappa shape index (κ3) is 3.93. The summed E-state index contributed by atoms with van der Waals surface area (Å²) in [7, 11) is 1.61. The summed E-state index contributed by atoms with van der Waals surface area (Å²) in [5.41, 5.74) is 0. The van der Waals surface area contributed by atoms with Crippen molar-refractivity contribution in [1.82, 2.24) is 10.2 Å². The third-order valence-corrected chi connectivity index (χ3v) is 3.99. The Kier molecular flexibility index (Phi) is 5.79. The van der Waals surface area contributed by atoms with Gasteiger partial charge in [-0.1, -0.05) is 0 Å². The number of hydrogen-bond donors (Lipinski definition) is 1. The van der Waals surface area contributed by atoms with E-state index in [2.05, 4.69) is 5.32 Å². The fourth-order valence-electron chi connectivity index (χ4n) is 2.76. The van der Waals surface area contributed by atoms with Gasteiger partial charge in [-0.15, -0.1) is 0 Å². The maximum Gasteiger partial charge on any atom is 0.251 e. The SMILES string of the molecule is COCCNC(=O)C1CCN(C(=O)C2CCCO2)CC1. The second-order valence-corrected chi connectivity index (χ2v) is 5.39. The van der Waals surface area contributed by atoms with Crippen molar-refractivity contribution in [3.05, 3.63) is 0 Å². The normalized spacial score (nSPS) is 23.9. The second kappa shape index (κ2) is 7.59. The molecule has 114 valence electrons. The molecule has 2 saturated heterocycles. The van der Waals surface area contributed by atoms with Crippen molar-refractivity contribution in [3.8, 4) is 0 Å². The molecule has 2 aliphatic rings. The smallest absolute Gasteiger partial charge is 0.251 e. The molecule has 0 spiro atoms. The zero-order valence-corrected chi connectivity index (χ0v) is 12.1. The lowest BCUT2D eigenvalue weighted by atomic mass is 9.95. The molecule has 2 heterocycles. The Labute approximate surface area is 119 Å². The van der Waals surface area contributed by atoms with E-state index in [0.717, 1.165) is 25.7 Å². The van der Waals surface area contributed by atoms with Crippen LogP contribution in [0.25, 0.3) is 0 Å². The fourth-order valence-corrected chi connectivity index (χ4v) is 2.76. The Bertz CT molecular complexity index is 334. The van der Waals surface area contributed by atoms with Gasteiger partial charge in [-0.05, 0) is 25.7 Å². The molecule has 0 saturated carbocycles. The van der Waals surface area contributed by atoms with Crippen molar-refractivity contribution in [2.45, 2.75) is 31.8 Å². The lowest BCUT2D eigenvalue weighted by Crippen LogP contribution is -2.46. The Balaban J connectivity index is 1.71. The van der Waals surface area contributed by atoms with E-state index in [1.807, 2.05) is 4.90 Å². The van der Waals surface area contributed by atoms with Crippen molar-refractivity contribution in [3.63, 3.8) is 0 Å². The lowest BCUT2D eigenvalue weighted by molar-refractivity contribution is -0.143. The summed E-state index contributed by atoms with van der Waals surface area (Å²) in [4.78, 5) is 25.9. The van der Waals surface area contributed by atoms with Gasteiger partial charge in [0.1, 0.15) is 6.10 Å². The molecule has 2 fully saturated rings. The number of carbonyl (C=O) groups excluding carboxylic acids is 2. The van der Waals surface area contributed by atoms with Gasteiger partial charge in [0.15, 0.2) is 0 Å². The minimum Gasteiger partial charge on any atom is -0.383 e. The summed E-state index contributed by atoms with van der Waals surface area (Å²) in [6.07, 6.45) is 3.02. The maximum absolute atomic E-state index is 12.2. The van der Waals surface area contributed by atoms with Crippen LogP contribution in [0.5, 0.6) is 0 Å². The first-order valence-electron chi connectivity index (χ1n) is 7.39. The number of methoxy groups -OCH3 is 1. The van der Waals surface area contributed by atoms with Crippen LogP contribution in [-0.4, -0.2) is 62.8 Å². The highest BCUT2D eigenvalue weighted by molar-refractivity contribution is 5.82. The number of amides is 2. The fraction of sp³-hybridized carbons (Fsp3) is 0.857. The van der Waals surface area contributed by atoms with Crippen LogP contribution in [0.3, 0.4) is 0 Å². The van der Waals surface area contributed by atoms with Crippen molar-refractivity contribution < 1.29 is 19.1 Å². The largest absolute Gasteiger partial charge is 0.383 e. The molecule has 0 radical (unpaired) electrons. The highest BCUT2D eigenvalue weighted by Crippen LogP contribution is 2.21. The van der Waals surface area contributed by atoms with Crippen LogP contribution in [0, 0.1) is 5.92 Å². The molecule has 0 aromatic heterocycles. The van der Waals surface area contributed by atoms with Crippen LogP contribution >= 0.6 is 0 Å². The van der Waals surface area contributed by atoms with Crippen LogP contribution in [-0.2, 0) is 19.1 Å². The van der Waals surface area contributed by atoms with E-state index in [0.29, 0.717) is 32.8 Å². The van der Waals surface area contributed by atoms with E-state index in [-0.39, 0.29) is 23.8 Å². The molecule has 1 atom stereocenters. The highest BCUT2D eigenvalue weighted by Gasteiger charge is 2.32. The van der Waals surface area contributed by atoms with Crippen LogP contribution in [0.1, 0.15) is 25.7 Å². The molecule has 2 amide bonds. The molecule has 0 aromatic carbocycles. The molecule has 0 bridgehead atoms. The quantitative estimate of drug-likeness (QED) is 0.731.